The Kier molecular flexibility index (Phi) is 6.65. The smallest absolute Gasteiger partial charge is 0.387 e. The number of piperidine rings is 1. The lowest BCUT2D eigenvalue weighted by atomic mass is 9.89. The standard InChI is InChI=1S/C24H25ClF2N2O3/c1-15(30)28-8-6-16(7-9-28)10-18-11-19-14-29(23(31)22(19)21(25)12-18)13-17-2-4-20(5-3-17)32-24(26)27/h2-5,11-12,16,24H,6-10,13-14H2,1H3. The van der Waals surface area contributed by atoms with Crippen molar-refractivity contribution in [1.82, 2.24) is 9.80 Å². The van der Waals surface area contributed by atoms with Crippen LogP contribution in [0, 0.1) is 5.92 Å². The summed E-state index contributed by atoms with van der Waals surface area (Å²) in [6.45, 7) is 1.12. The molecule has 8 heteroatoms. The SMILES string of the molecule is CC(=O)N1CCC(Cc2cc(Cl)c3c(c2)CN(Cc2ccc(OC(F)F)cc2)C3=O)CC1. The van der Waals surface area contributed by atoms with E-state index in [1.165, 1.54) is 12.1 Å². The van der Waals surface area contributed by atoms with Gasteiger partial charge >= 0.3 is 6.61 Å². The van der Waals surface area contributed by atoms with Crippen LogP contribution in [0.4, 0.5) is 8.78 Å². The van der Waals surface area contributed by atoms with Crippen LogP contribution in [0.2, 0.25) is 5.02 Å². The normalized spacial score (nSPS) is 16.6. The van der Waals surface area contributed by atoms with Crippen LogP contribution in [0.3, 0.4) is 0 Å². The molecule has 1 saturated heterocycles. The van der Waals surface area contributed by atoms with Crippen LogP contribution in [0.15, 0.2) is 36.4 Å². The Bertz CT molecular complexity index is 1010. The van der Waals surface area contributed by atoms with Gasteiger partial charge in [0.15, 0.2) is 0 Å². The van der Waals surface area contributed by atoms with E-state index in [1.807, 2.05) is 11.0 Å². The Morgan fingerprint density at radius 3 is 2.47 bits per heavy atom. The maximum Gasteiger partial charge on any atom is 0.387 e. The molecule has 2 aliphatic rings. The molecule has 0 aliphatic carbocycles. The van der Waals surface area contributed by atoms with Gasteiger partial charge in [-0.25, -0.2) is 0 Å². The van der Waals surface area contributed by atoms with E-state index < -0.39 is 6.61 Å². The van der Waals surface area contributed by atoms with Gasteiger partial charge in [-0.05, 0) is 60.1 Å². The number of halogens is 3. The van der Waals surface area contributed by atoms with Gasteiger partial charge in [-0.2, -0.15) is 8.78 Å². The maximum absolute atomic E-state index is 12.9. The summed E-state index contributed by atoms with van der Waals surface area (Å²) >= 11 is 6.50. The van der Waals surface area contributed by atoms with E-state index in [9.17, 15) is 18.4 Å². The third-order valence-corrected chi connectivity index (χ3v) is 6.50. The molecule has 0 N–H and O–H groups in total. The first-order valence-electron chi connectivity index (χ1n) is 10.7. The van der Waals surface area contributed by atoms with Crippen molar-refractivity contribution in [2.75, 3.05) is 13.1 Å². The summed E-state index contributed by atoms with van der Waals surface area (Å²) in [4.78, 5) is 28.0. The van der Waals surface area contributed by atoms with Crippen LogP contribution in [0.25, 0.3) is 0 Å². The zero-order valence-electron chi connectivity index (χ0n) is 17.8. The number of ether oxygens (including phenoxy) is 1. The fraction of sp³-hybridized carbons (Fsp3) is 0.417. The molecule has 0 unspecified atom stereocenters. The van der Waals surface area contributed by atoms with Crippen LogP contribution in [-0.2, 0) is 24.3 Å². The first-order chi connectivity index (χ1) is 15.3. The Labute approximate surface area is 190 Å². The number of hydrogen-bond donors (Lipinski definition) is 0. The Morgan fingerprint density at radius 2 is 1.84 bits per heavy atom. The predicted octanol–water partition coefficient (Wildman–Crippen LogP) is 4.90. The molecule has 5 nitrogen and oxygen atoms in total. The summed E-state index contributed by atoms with van der Waals surface area (Å²) < 4.78 is 29.0. The van der Waals surface area contributed by atoms with Gasteiger partial charge in [0.05, 0.1) is 10.6 Å². The number of carbonyl (C=O) groups excluding carboxylic acids is 2. The molecule has 0 radical (unpaired) electrons. The number of fused-ring (bicyclic) bond motifs is 1. The highest BCUT2D eigenvalue weighted by atomic mass is 35.5. The van der Waals surface area contributed by atoms with Crippen molar-refractivity contribution in [3.63, 3.8) is 0 Å². The number of alkyl halides is 2. The maximum atomic E-state index is 12.9. The van der Waals surface area contributed by atoms with Crippen LogP contribution in [0.5, 0.6) is 5.75 Å². The predicted molar refractivity (Wildman–Crippen MR) is 117 cm³/mol. The Balaban J connectivity index is 1.41. The van der Waals surface area contributed by atoms with Crippen molar-refractivity contribution in [2.24, 2.45) is 5.92 Å². The van der Waals surface area contributed by atoms with Gasteiger partial charge in [-0.1, -0.05) is 29.8 Å². The third kappa shape index (κ3) is 5.04. The quantitative estimate of drug-likeness (QED) is 0.613. The second kappa shape index (κ2) is 9.45. The van der Waals surface area contributed by atoms with Crippen molar-refractivity contribution < 1.29 is 23.1 Å². The molecular weight excluding hydrogens is 438 g/mol. The Hall–Kier alpha value is -2.67. The summed E-state index contributed by atoms with van der Waals surface area (Å²) in [5, 5.41) is 0.465. The number of benzene rings is 2. The van der Waals surface area contributed by atoms with Gasteiger partial charge in [0.2, 0.25) is 5.91 Å². The molecule has 0 aromatic heterocycles. The minimum absolute atomic E-state index is 0.0848. The van der Waals surface area contributed by atoms with Crippen molar-refractivity contribution in [1.29, 1.82) is 0 Å². The zero-order chi connectivity index (χ0) is 22.8. The van der Waals surface area contributed by atoms with Gasteiger partial charge < -0.3 is 14.5 Å². The lowest BCUT2D eigenvalue weighted by Gasteiger charge is -2.31. The van der Waals surface area contributed by atoms with Gasteiger partial charge in [0.1, 0.15) is 5.75 Å². The van der Waals surface area contributed by atoms with Crippen molar-refractivity contribution in [3.8, 4) is 5.75 Å². The van der Waals surface area contributed by atoms with E-state index in [2.05, 4.69) is 10.8 Å². The van der Waals surface area contributed by atoms with Gasteiger partial charge in [-0.15, -0.1) is 0 Å². The van der Waals surface area contributed by atoms with E-state index in [0.29, 0.717) is 29.6 Å². The minimum atomic E-state index is -2.87. The van der Waals surface area contributed by atoms with E-state index in [1.54, 1.807) is 24.0 Å². The molecule has 32 heavy (non-hydrogen) atoms. The summed E-state index contributed by atoms with van der Waals surface area (Å²) in [7, 11) is 0. The molecule has 0 saturated carbocycles. The number of rotatable bonds is 6. The molecule has 170 valence electrons. The van der Waals surface area contributed by atoms with Crippen LogP contribution in [-0.4, -0.2) is 41.3 Å². The third-order valence-electron chi connectivity index (χ3n) is 6.20. The Morgan fingerprint density at radius 1 is 1.16 bits per heavy atom. The van der Waals surface area contributed by atoms with Crippen LogP contribution < -0.4 is 4.74 Å². The molecule has 4 rings (SSSR count). The van der Waals surface area contributed by atoms with Gasteiger partial charge in [-0.3, -0.25) is 9.59 Å². The average Bonchev–Trinajstić information content (AvgIpc) is 3.05. The second-order valence-electron chi connectivity index (χ2n) is 8.45. The molecule has 0 atom stereocenters. The topological polar surface area (TPSA) is 49.9 Å². The average molecular weight is 463 g/mol. The molecule has 1 fully saturated rings. The van der Waals surface area contributed by atoms with Crippen LogP contribution in [0.1, 0.15) is 46.8 Å². The highest BCUT2D eigenvalue weighted by Crippen LogP contribution is 2.33. The van der Waals surface area contributed by atoms with E-state index in [4.69, 9.17) is 11.6 Å². The van der Waals surface area contributed by atoms with E-state index >= 15 is 0 Å². The largest absolute Gasteiger partial charge is 0.435 e. The molecular formula is C24H25ClF2N2O3. The summed E-state index contributed by atoms with van der Waals surface area (Å²) in [5.74, 6) is 0.571. The minimum Gasteiger partial charge on any atom is -0.435 e. The van der Waals surface area contributed by atoms with Gasteiger partial charge in [0, 0.05) is 33.1 Å². The number of nitrogens with zero attached hydrogens (tertiary/aromatic N) is 2. The molecule has 2 aromatic carbocycles. The first-order valence-corrected chi connectivity index (χ1v) is 11.1. The molecule has 2 heterocycles. The molecule has 0 bridgehead atoms. The highest BCUT2D eigenvalue weighted by Gasteiger charge is 2.31. The van der Waals surface area contributed by atoms with Crippen LogP contribution >= 0.6 is 11.6 Å². The monoisotopic (exact) mass is 462 g/mol. The second-order valence-corrected chi connectivity index (χ2v) is 8.86. The summed E-state index contributed by atoms with van der Waals surface area (Å²) in [5.41, 5.74) is 3.38. The highest BCUT2D eigenvalue weighted by molar-refractivity contribution is 6.34. The molecule has 2 aromatic rings. The number of amides is 2. The molecule has 2 amide bonds. The molecule has 2 aliphatic heterocycles. The fourth-order valence-corrected chi connectivity index (χ4v) is 4.90. The lowest BCUT2D eigenvalue weighted by molar-refractivity contribution is -0.130. The van der Waals surface area contributed by atoms with Gasteiger partial charge in [0.25, 0.3) is 5.91 Å². The van der Waals surface area contributed by atoms with E-state index in [0.717, 1.165) is 49.0 Å². The lowest BCUT2D eigenvalue weighted by Crippen LogP contribution is -2.37. The zero-order valence-corrected chi connectivity index (χ0v) is 18.6. The van der Waals surface area contributed by atoms with Crippen molar-refractivity contribution >= 4 is 23.4 Å². The van der Waals surface area contributed by atoms with Crippen molar-refractivity contribution in [3.05, 3.63) is 63.7 Å². The van der Waals surface area contributed by atoms with Crippen molar-refractivity contribution in [2.45, 2.75) is 45.9 Å². The summed E-state index contributed by atoms with van der Waals surface area (Å²) in [6.07, 6.45) is 2.80. The molecule has 0 spiro atoms. The first kappa shape index (κ1) is 22.5. The summed E-state index contributed by atoms with van der Waals surface area (Å²) in [6, 6.07) is 10.2. The number of carbonyl (C=O) groups is 2. The number of hydrogen-bond acceptors (Lipinski definition) is 3. The number of likely N-dealkylation sites (tertiary alicyclic amines) is 1. The fourth-order valence-electron chi connectivity index (χ4n) is 4.55. The van der Waals surface area contributed by atoms with E-state index in [-0.39, 0.29) is 17.6 Å².